The number of rotatable bonds is 5. The fourth-order valence-electron chi connectivity index (χ4n) is 4.23. The monoisotopic (exact) mass is 475 g/mol. The third-order valence-electron chi connectivity index (χ3n) is 5.88. The van der Waals surface area contributed by atoms with Gasteiger partial charge in [-0.1, -0.05) is 12.1 Å². The molecule has 2 heterocycles. The predicted octanol–water partition coefficient (Wildman–Crippen LogP) is 2.03. The molecule has 1 aromatic heterocycles. The Bertz CT molecular complexity index is 1260. The summed E-state index contributed by atoms with van der Waals surface area (Å²) in [6.45, 7) is 6.09. The average molecular weight is 476 g/mol. The summed E-state index contributed by atoms with van der Waals surface area (Å²) in [5.41, 5.74) is 4.50. The van der Waals surface area contributed by atoms with Crippen LogP contribution in [-0.2, 0) is 14.6 Å². The zero-order valence-electron chi connectivity index (χ0n) is 19.4. The van der Waals surface area contributed by atoms with Crippen molar-refractivity contribution in [2.45, 2.75) is 20.0 Å². The van der Waals surface area contributed by atoms with E-state index >= 15 is 0 Å². The first-order chi connectivity index (χ1) is 15.6. The van der Waals surface area contributed by atoms with Crippen molar-refractivity contribution in [3.8, 4) is 0 Å². The first-order valence-corrected chi connectivity index (χ1v) is 11.9. The number of anilines is 2. The molecule has 3 aromatic rings. The molecule has 0 aliphatic carbocycles. The van der Waals surface area contributed by atoms with Crippen LogP contribution < -0.4 is 20.3 Å². The van der Waals surface area contributed by atoms with Crippen molar-refractivity contribution < 1.29 is 26.5 Å². The smallest absolute Gasteiger partial charge is 0.347 e. The molecule has 2 atom stereocenters. The van der Waals surface area contributed by atoms with E-state index in [1.165, 1.54) is 10.6 Å². The van der Waals surface area contributed by atoms with E-state index in [9.17, 15) is 17.8 Å². The molecule has 2 aromatic carbocycles. The van der Waals surface area contributed by atoms with Gasteiger partial charge in [0.15, 0.2) is 5.69 Å². The van der Waals surface area contributed by atoms with Gasteiger partial charge in [-0.3, -0.25) is 9.08 Å². The Morgan fingerprint density at radius 2 is 1.79 bits per heavy atom. The summed E-state index contributed by atoms with van der Waals surface area (Å²) < 4.78 is 36.8. The van der Waals surface area contributed by atoms with Crippen LogP contribution in [-0.4, -0.2) is 47.3 Å². The van der Waals surface area contributed by atoms with E-state index in [4.69, 9.17) is 4.42 Å². The van der Waals surface area contributed by atoms with Gasteiger partial charge in [-0.25, -0.2) is 13.2 Å². The zero-order valence-corrected chi connectivity index (χ0v) is 20.2. The molecule has 9 nitrogen and oxygen atoms in total. The Labute approximate surface area is 193 Å². The van der Waals surface area contributed by atoms with E-state index in [1.54, 1.807) is 0 Å². The highest BCUT2D eigenvalue weighted by atomic mass is 32.3. The lowest BCUT2D eigenvalue weighted by Gasteiger charge is -2.23. The highest BCUT2D eigenvalue weighted by Gasteiger charge is 2.39. The summed E-state index contributed by atoms with van der Waals surface area (Å²) in [6, 6.07) is 16.4. The lowest BCUT2D eigenvalue weighted by molar-refractivity contribution is -0.838. The Balaban J connectivity index is 0.000000454. The van der Waals surface area contributed by atoms with E-state index in [0.29, 0.717) is 11.1 Å². The number of benzene rings is 2. The van der Waals surface area contributed by atoms with E-state index in [1.807, 2.05) is 37.4 Å². The molecule has 4 rings (SSSR count). The summed E-state index contributed by atoms with van der Waals surface area (Å²) in [7, 11) is 0.528. The summed E-state index contributed by atoms with van der Waals surface area (Å²) in [4.78, 5) is 18.4. The Morgan fingerprint density at radius 1 is 1.15 bits per heavy atom. The van der Waals surface area contributed by atoms with Crippen molar-refractivity contribution >= 4 is 38.4 Å². The third-order valence-corrected chi connectivity index (χ3v) is 6.29. The van der Waals surface area contributed by atoms with Crippen molar-refractivity contribution in [1.29, 1.82) is 0 Å². The topological polar surface area (TPSA) is 108 Å². The molecule has 0 radical (unpaired) electrons. The quantitative estimate of drug-likeness (QED) is 0.339. The molecule has 0 saturated carbocycles. The molecule has 0 saturated heterocycles. The van der Waals surface area contributed by atoms with Gasteiger partial charge in [0, 0.05) is 43.3 Å². The minimum atomic E-state index is -4.41. The molecule has 0 amide bonds. The summed E-state index contributed by atoms with van der Waals surface area (Å²) in [5.74, 6) is 0. The van der Waals surface area contributed by atoms with Crippen LogP contribution in [0.4, 0.5) is 17.1 Å². The van der Waals surface area contributed by atoms with Crippen LogP contribution in [0.2, 0.25) is 0 Å². The van der Waals surface area contributed by atoms with Gasteiger partial charge in [0.2, 0.25) is 16.6 Å². The number of hydrogen-bond acceptors (Lipinski definition) is 8. The molecule has 1 aliphatic heterocycles. The van der Waals surface area contributed by atoms with Crippen molar-refractivity contribution in [2.75, 3.05) is 44.1 Å². The van der Waals surface area contributed by atoms with Crippen molar-refractivity contribution in [3.05, 3.63) is 64.5 Å². The molecular weight excluding hydrogens is 446 g/mol. The minimum Gasteiger partial charge on any atom is -0.726 e. The van der Waals surface area contributed by atoms with E-state index in [-0.39, 0.29) is 11.8 Å². The Kier molecular flexibility index (Phi) is 7.43. The Hall–Kier alpha value is -2.92. The van der Waals surface area contributed by atoms with Crippen molar-refractivity contribution in [3.63, 3.8) is 0 Å². The predicted molar refractivity (Wildman–Crippen MR) is 127 cm³/mol. The largest absolute Gasteiger partial charge is 0.726 e. The van der Waals surface area contributed by atoms with Gasteiger partial charge < -0.3 is 18.8 Å². The highest BCUT2D eigenvalue weighted by Crippen LogP contribution is 2.33. The van der Waals surface area contributed by atoms with Crippen LogP contribution in [0.1, 0.15) is 25.6 Å². The molecule has 1 N–H and O–H groups in total. The van der Waals surface area contributed by atoms with Crippen LogP contribution >= 0.6 is 0 Å². The van der Waals surface area contributed by atoms with E-state index in [0.717, 1.165) is 37.0 Å². The second kappa shape index (κ2) is 9.92. The SMILES string of the molecule is CCN(CC)c1ccc2cc(C3N(C)c4ccccc4[NH+]3C)c(=O)oc2c1.COS(=O)(=O)[O-]. The van der Waals surface area contributed by atoms with Crippen molar-refractivity contribution in [2.24, 2.45) is 0 Å². The maximum atomic E-state index is 12.9. The number of hydrogen-bond donors (Lipinski definition) is 1. The standard InChI is InChI=1S/C22H25N3O2.CH4O4S/c1-5-25(6-2)16-12-11-15-13-17(22(26)27-20(15)14-16)21-23(3)18-9-7-8-10-19(18)24(21)4;1-5-6(2,3)4/h7-14,21H,5-6H2,1-4H3;1H3,(H,2,3,4). The van der Waals surface area contributed by atoms with Crippen LogP contribution in [0.3, 0.4) is 0 Å². The molecule has 33 heavy (non-hydrogen) atoms. The number of nitrogens with zero attached hydrogens (tertiary/aromatic N) is 2. The second-order valence-corrected chi connectivity index (χ2v) is 8.82. The van der Waals surface area contributed by atoms with Crippen LogP contribution in [0.15, 0.2) is 57.7 Å². The number of para-hydroxylation sites is 2. The molecule has 0 bridgehead atoms. The van der Waals surface area contributed by atoms with Crippen LogP contribution in [0, 0.1) is 0 Å². The van der Waals surface area contributed by atoms with Gasteiger partial charge >= 0.3 is 5.63 Å². The van der Waals surface area contributed by atoms with Crippen molar-refractivity contribution in [1.82, 2.24) is 0 Å². The third kappa shape index (κ3) is 5.19. The fourth-order valence-corrected chi connectivity index (χ4v) is 4.23. The second-order valence-electron chi connectivity index (χ2n) is 7.67. The lowest BCUT2D eigenvalue weighted by atomic mass is 10.1. The zero-order chi connectivity index (χ0) is 24.3. The molecule has 10 heteroatoms. The molecule has 0 spiro atoms. The maximum Gasteiger partial charge on any atom is 0.347 e. The summed E-state index contributed by atoms with van der Waals surface area (Å²) in [5, 5.41) is 0.956. The van der Waals surface area contributed by atoms with E-state index < -0.39 is 10.4 Å². The molecule has 178 valence electrons. The Morgan fingerprint density at radius 3 is 2.36 bits per heavy atom. The molecule has 1 aliphatic rings. The fraction of sp³-hybridized carbons (Fsp3) is 0.348. The number of nitrogens with one attached hydrogen (secondary N) is 1. The van der Waals surface area contributed by atoms with Gasteiger partial charge in [-0.15, -0.1) is 0 Å². The van der Waals surface area contributed by atoms with Crippen LogP contribution in [0.25, 0.3) is 11.0 Å². The highest BCUT2D eigenvalue weighted by molar-refractivity contribution is 7.80. The minimum absolute atomic E-state index is 0.0921. The summed E-state index contributed by atoms with van der Waals surface area (Å²) in [6.07, 6.45) is -0.0921. The van der Waals surface area contributed by atoms with Gasteiger partial charge in [0.1, 0.15) is 16.8 Å². The first kappa shape index (κ1) is 24.7. The van der Waals surface area contributed by atoms with Gasteiger partial charge in [-0.2, -0.15) is 0 Å². The normalized spacial score (nSPS) is 17.5. The van der Waals surface area contributed by atoms with Gasteiger partial charge in [0.05, 0.1) is 14.2 Å². The molecule has 0 fully saturated rings. The van der Waals surface area contributed by atoms with Gasteiger partial charge in [0.25, 0.3) is 0 Å². The maximum absolute atomic E-state index is 12.9. The first-order valence-electron chi connectivity index (χ1n) is 10.6. The lowest BCUT2D eigenvalue weighted by Crippen LogP contribution is -3.04. The van der Waals surface area contributed by atoms with Gasteiger partial charge in [-0.05, 0) is 38.1 Å². The summed E-state index contributed by atoms with van der Waals surface area (Å²) >= 11 is 0. The number of fused-ring (bicyclic) bond motifs is 2. The molecular formula is C23H29N3O6S. The number of quaternary nitrogens is 1. The van der Waals surface area contributed by atoms with E-state index in [2.05, 4.69) is 53.1 Å². The average Bonchev–Trinajstić information content (AvgIpc) is 3.04. The molecule has 2 unspecified atom stereocenters. The van der Waals surface area contributed by atoms with Crippen LogP contribution in [0.5, 0.6) is 0 Å².